The molecule has 9 heteroatoms. The van der Waals surface area contributed by atoms with Crippen LogP contribution in [0.4, 0.5) is 0 Å². The zero-order chi connectivity index (χ0) is 20.9. The number of carbonyl (C=O) groups excluding carboxylic acids is 1. The van der Waals surface area contributed by atoms with Gasteiger partial charge >= 0.3 is 0 Å². The number of amides is 1. The van der Waals surface area contributed by atoms with Crippen LogP contribution < -0.4 is 9.47 Å². The van der Waals surface area contributed by atoms with Crippen molar-refractivity contribution >= 4 is 29.0 Å². The van der Waals surface area contributed by atoms with Crippen LogP contribution >= 0.6 is 23.1 Å². The number of rotatable bonds is 7. The Hall–Kier alpha value is -2.49. The van der Waals surface area contributed by atoms with E-state index in [9.17, 15) is 4.79 Å². The Morgan fingerprint density at radius 2 is 1.97 bits per heavy atom. The van der Waals surface area contributed by atoms with E-state index in [4.69, 9.17) is 23.6 Å². The average molecular weight is 447 g/mol. The van der Waals surface area contributed by atoms with Crippen LogP contribution in [0, 0.1) is 0 Å². The molecule has 0 spiro atoms. The summed E-state index contributed by atoms with van der Waals surface area (Å²) in [5.41, 5.74) is 1.85. The van der Waals surface area contributed by atoms with Crippen molar-refractivity contribution in [3.8, 4) is 22.8 Å². The molecule has 3 heterocycles. The van der Waals surface area contributed by atoms with Gasteiger partial charge in [-0.05, 0) is 30.3 Å². The summed E-state index contributed by atoms with van der Waals surface area (Å²) in [5, 5.41) is 2.01. The van der Waals surface area contributed by atoms with Gasteiger partial charge in [-0.3, -0.25) is 4.79 Å². The van der Waals surface area contributed by atoms with E-state index in [0.717, 1.165) is 21.4 Å². The molecule has 0 aliphatic carbocycles. The molecule has 30 heavy (non-hydrogen) atoms. The maximum atomic E-state index is 12.5. The molecule has 0 saturated carbocycles. The van der Waals surface area contributed by atoms with E-state index in [1.807, 2.05) is 29.6 Å². The highest BCUT2D eigenvalue weighted by atomic mass is 32.2. The summed E-state index contributed by atoms with van der Waals surface area (Å²) < 4.78 is 22.6. The van der Waals surface area contributed by atoms with Gasteiger partial charge in [-0.15, -0.1) is 11.3 Å². The molecule has 3 aromatic rings. The molecule has 2 aromatic heterocycles. The third kappa shape index (κ3) is 4.63. The van der Waals surface area contributed by atoms with Gasteiger partial charge in [0.2, 0.25) is 0 Å². The second kappa shape index (κ2) is 9.55. The van der Waals surface area contributed by atoms with E-state index in [1.54, 1.807) is 48.3 Å². The first-order valence-electron chi connectivity index (χ1n) is 9.44. The van der Waals surface area contributed by atoms with Crippen molar-refractivity contribution in [1.82, 2.24) is 9.88 Å². The maximum Gasteiger partial charge on any atom is 0.289 e. The summed E-state index contributed by atoms with van der Waals surface area (Å²) in [6, 6.07) is 9.34. The number of aromatic nitrogens is 1. The predicted octanol–water partition coefficient (Wildman–Crippen LogP) is 4.19. The number of hydrogen-bond acceptors (Lipinski definition) is 8. The first-order valence-corrected chi connectivity index (χ1v) is 11.3. The molecule has 1 aromatic carbocycles. The van der Waals surface area contributed by atoms with Gasteiger partial charge in [-0.25, -0.2) is 4.98 Å². The van der Waals surface area contributed by atoms with Crippen LogP contribution in [0.2, 0.25) is 0 Å². The number of carbonyl (C=O) groups is 1. The predicted molar refractivity (Wildman–Crippen MR) is 116 cm³/mol. The minimum absolute atomic E-state index is 0.0838. The highest BCUT2D eigenvalue weighted by molar-refractivity contribution is 8.00. The van der Waals surface area contributed by atoms with Crippen LogP contribution in [0.1, 0.15) is 16.3 Å². The maximum absolute atomic E-state index is 12.5. The number of morpholine rings is 1. The van der Waals surface area contributed by atoms with Crippen LogP contribution in [-0.2, 0) is 10.5 Å². The number of benzene rings is 1. The second-order valence-corrected chi connectivity index (χ2v) is 8.61. The van der Waals surface area contributed by atoms with Gasteiger partial charge < -0.3 is 23.5 Å². The van der Waals surface area contributed by atoms with Gasteiger partial charge in [0, 0.05) is 24.0 Å². The topological polar surface area (TPSA) is 74.0 Å². The van der Waals surface area contributed by atoms with Crippen molar-refractivity contribution in [1.29, 1.82) is 0 Å². The number of hydrogen-bond donors (Lipinski definition) is 0. The molecule has 1 amide bonds. The summed E-state index contributed by atoms with van der Waals surface area (Å²) in [4.78, 5) is 18.9. The summed E-state index contributed by atoms with van der Waals surface area (Å²) in [7, 11) is 3.23. The van der Waals surface area contributed by atoms with Crippen molar-refractivity contribution in [2.24, 2.45) is 0 Å². The lowest BCUT2D eigenvalue weighted by Crippen LogP contribution is -2.40. The average Bonchev–Trinajstić information content (AvgIpc) is 3.47. The smallest absolute Gasteiger partial charge is 0.289 e. The molecule has 0 bridgehead atoms. The lowest BCUT2D eigenvalue weighted by atomic mass is 10.1. The molecule has 1 fully saturated rings. The van der Waals surface area contributed by atoms with E-state index >= 15 is 0 Å². The lowest BCUT2D eigenvalue weighted by molar-refractivity contribution is 0.0282. The fourth-order valence-corrected chi connectivity index (χ4v) is 4.81. The van der Waals surface area contributed by atoms with Gasteiger partial charge in [0.15, 0.2) is 21.6 Å². The highest BCUT2D eigenvalue weighted by Crippen LogP contribution is 2.35. The monoisotopic (exact) mass is 446 g/mol. The van der Waals surface area contributed by atoms with E-state index in [0.29, 0.717) is 49.3 Å². The third-order valence-electron chi connectivity index (χ3n) is 4.67. The Labute approximate surface area is 182 Å². The fourth-order valence-electron chi connectivity index (χ4n) is 3.08. The lowest BCUT2D eigenvalue weighted by Gasteiger charge is -2.25. The molecular weight excluding hydrogens is 424 g/mol. The van der Waals surface area contributed by atoms with E-state index < -0.39 is 0 Å². The normalized spacial score (nSPS) is 14.0. The third-order valence-corrected chi connectivity index (χ3v) is 6.71. The molecule has 0 radical (unpaired) electrons. The van der Waals surface area contributed by atoms with Crippen LogP contribution in [-0.4, -0.2) is 56.3 Å². The number of nitrogens with zero attached hydrogens (tertiary/aromatic N) is 2. The molecular formula is C21H22N2O5S2. The first-order chi connectivity index (χ1) is 14.7. The van der Waals surface area contributed by atoms with Gasteiger partial charge in [0.25, 0.3) is 5.91 Å². The van der Waals surface area contributed by atoms with Crippen molar-refractivity contribution in [3.63, 3.8) is 0 Å². The number of methoxy groups -OCH3 is 2. The minimum atomic E-state index is -0.0838. The molecule has 4 rings (SSSR count). The Morgan fingerprint density at radius 1 is 1.17 bits per heavy atom. The Kier molecular flexibility index (Phi) is 6.61. The number of thiazole rings is 1. The zero-order valence-corrected chi connectivity index (χ0v) is 18.4. The molecule has 1 saturated heterocycles. The molecule has 0 unspecified atom stereocenters. The number of furan rings is 1. The van der Waals surface area contributed by atoms with Crippen molar-refractivity contribution in [2.75, 3.05) is 40.5 Å². The van der Waals surface area contributed by atoms with Crippen molar-refractivity contribution in [2.45, 2.75) is 10.1 Å². The van der Waals surface area contributed by atoms with E-state index in [2.05, 4.69) is 0 Å². The second-order valence-electron chi connectivity index (χ2n) is 6.53. The first kappa shape index (κ1) is 20.8. The van der Waals surface area contributed by atoms with Gasteiger partial charge in [-0.1, -0.05) is 11.8 Å². The van der Waals surface area contributed by atoms with Crippen LogP contribution in [0.25, 0.3) is 11.3 Å². The fraction of sp³-hybridized carbons (Fsp3) is 0.333. The van der Waals surface area contributed by atoms with Crippen LogP contribution in [0.3, 0.4) is 0 Å². The molecule has 1 aliphatic heterocycles. The Morgan fingerprint density at radius 3 is 2.73 bits per heavy atom. The Bertz CT molecular complexity index is 1010. The number of ether oxygens (including phenoxy) is 3. The van der Waals surface area contributed by atoms with Crippen LogP contribution in [0.5, 0.6) is 11.5 Å². The van der Waals surface area contributed by atoms with Gasteiger partial charge in [0.05, 0.1) is 38.9 Å². The largest absolute Gasteiger partial charge is 0.493 e. The van der Waals surface area contributed by atoms with E-state index in [-0.39, 0.29) is 5.91 Å². The molecule has 0 N–H and O–H groups in total. The molecule has 7 nitrogen and oxygen atoms in total. The summed E-state index contributed by atoms with van der Waals surface area (Å²) in [6.07, 6.45) is 0. The Balaban J connectivity index is 1.38. The van der Waals surface area contributed by atoms with Crippen LogP contribution in [0.15, 0.2) is 44.5 Å². The minimum Gasteiger partial charge on any atom is -0.493 e. The molecule has 0 atom stereocenters. The zero-order valence-electron chi connectivity index (χ0n) is 16.8. The summed E-state index contributed by atoms with van der Waals surface area (Å²) >= 11 is 3.15. The van der Waals surface area contributed by atoms with E-state index in [1.165, 1.54) is 0 Å². The molecule has 1 aliphatic rings. The highest BCUT2D eigenvalue weighted by Gasteiger charge is 2.21. The van der Waals surface area contributed by atoms with Crippen molar-refractivity contribution in [3.05, 3.63) is 47.2 Å². The van der Waals surface area contributed by atoms with Crippen molar-refractivity contribution < 1.29 is 23.4 Å². The summed E-state index contributed by atoms with van der Waals surface area (Å²) in [6.45, 7) is 2.34. The SMILES string of the molecule is COc1ccc(-c2csc(SCc3ccc(C(=O)N4CCOCC4)o3)n2)cc1OC. The molecule has 158 valence electrons. The standard InChI is InChI=1S/C21H22N2O5S2/c1-25-17-5-3-14(11-19(17)26-2)16-13-30-21(22-16)29-12-15-4-6-18(28-15)20(24)23-7-9-27-10-8-23/h3-6,11,13H,7-10,12H2,1-2H3. The quantitative estimate of drug-likeness (QED) is 0.504. The number of thioether (sulfide) groups is 1. The van der Waals surface area contributed by atoms with Gasteiger partial charge in [-0.2, -0.15) is 0 Å². The van der Waals surface area contributed by atoms with Gasteiger partial charge in [0.1, 0.15) is 5.76 Å². The summed E-state index contributed by atoms with van der Waals surface area (Å²) in [5.74, 6) is 3.00.